The SMILES string of the molecule is Br.CC(N)O. The highest BCUT2D eigenvalue weighted by atomic mass is 79.9. The third-order valence-electron chi connectivity index (χ3n) is 0. The van der Waals surface area contributed by atoms with Crippen molar-refractivity contribution in [2.45, 2.75) is 13.2 Å². The van der Waals surface area contributed by atoms with E-state index >= 15 is 0 Å². The minimum absolute atomic E-state index is 0. The third-order valence-corrected chi connectivity index (χ3v) is 0. The van der Waals surface area contributed by atoms with Crippen molar-refractivity contribution < 1.29 is 5.11 Å². The summed E-state index contributed by atoms with van der Waals surface area (Å²) in [5.41, 5.74) is 4.67. The van der Waals surface area contributed by atoms with Crippen LogP contribution < -0.4 is 5.73 Å². The molecule has 0 fully saturated rings. The number of aliphatic hydroxyl groups is 1. The molecule has 1 atom stereocenters. The van der Waals surface area contributed by atoms with Gasteiger partial charge in [-0.25, -0.2) is 0 Å². The maximum atomic E-state index is 7.83. The zero-order chi connectivity index (χ0) is 3.58. The molecule has 0 bridgehead atoms. The third kappa shape index (κ3) is 158. The summed E-state index contributed by atoms with van der Waals surface area (Å²) in [6, 6.07) is 0. The van der Waals surface area contributed by atoms with Crippen molar-refractivity contribution in [3.8, 4) is 0 Å². The Morgan fingerprint density at radius 3 is 1.80 bits per heavy atom. The molecule has 3 heteroatoms. The number of hydrogen-bond acceptors (Lipinski definition) is 2. The van der Waals surface area contributed by atoms with Crippen molar-refractivity contribution in [1.29, 1.82) is 0 Å². The molecule has 0 radical (unpaired) electrons. The lowest BCUT2D eigenvalue weighted by atomic mass is 10.7. The van der Waals surface area contributed by atoms with Gasteiger partial charge in [-0.2, -0.15) is 0 Å². The molecule has 0 saturated heterocycles. The first-order valence-electron chi connectivity index (χ1n) is 1.17. The molecule has 0 aromatic carbocycles. The fourth-order valence-electron chi connectivity index (χ4n) is 0. The second-order valence-electron chi connectivity index (χ2n) is 0.741. The van der Waals surface area contributed by atoms with E-state index < -0.39 is 6.23 Å². The Morgan fingerprint density at radius 2 is 1.80 bits per heavy atom. The van der Waals surface area contributed by atoms with Crippen LogP contribution >= 0.6 is 17.0 Å². The van der Waals surface area contributed by atoms with Crippen LogP contribution in [0, 0.1) is 0 Å². The summed E-state index contributed by atoms with van der Waals surface area (Å²) in [5.74, 6) is 0. The molecular weight excluding hydrogens is 134 g/mol. The molecule has 2 nitrogen and oxygen atoms in total. The van der Waals surface area contributed by atoms with Gasteiger partial charge in [-0.1, -0.05) is 0 Å². The Bertz CT molecular complexity index is 14.4. The Labute approximate surface area is 41.8 Å². The molecule has 34 valence electrons. The van der Waals surface area contributed by atoms with Gasteiger partial charge in [0, 0.05) is 0 Å². The zero-order valence-electron chi connectivity index (χ0n) is 3.01. The first-order valence-corrected chi connectivity index (χ1v) is 1.17. The van der Waals surface area contributed by atoms with Crippen LogP contribution in [0.5, 0.6) is 0 Å². The maximum Gasteiger partial charge on any atom is 0.0991 e. The van der Waals surface area contributed by atoms with Gasteiger partial charge in [0.05, 0.1) is 6.23 Å². The van der Waals surface area contributed by atoms with Crippen molar-refractivity contribution in [3.05, 3.63) is 0 Å². The van der Waals surface area contributed by atoms with E-state index in [1.807, 2.05) is 0 Å². The van der Waals surface area contributed by atoms with E-state index in [0.717, 1.165) is 0 Å². The minimum Gasteiger partial charge on any atom is -0.379 e. The molecule has 0 aromatic rings. The molecular formula is C2H8BrNO. The van der Waals surface area contributed by atoms with Crippen molar-refractivity contribution in [1.82, 2.24) is 0 Å². The van der Waals surface area contributed by atoms with E-state index in [2.05, 4.69) is 5.73 Å². The van der Waals surface area contributed by atoms with E-state index in [-0.39, 0.29) is 17.0 Å². The van der Waals surface area contributed by atoms with Crippen LogP contribution in [0.4, 0.5) is 0 Å². The molecule has 3 N–H and O–H groups in total. The van der Waals surface area contributed by atoms with Gasteiger partial charge in [0.2, 0.25) is 0 Å². The van der Waals surface area contributed by atoms with E-state index in [0.29, 0.717) is 0 Å². The van der Waals surface area contributed by atoms with Crippen molar-refractivity contribution in [2.24, 2.45) is 5.73 Å². The number of halogens is 1. The minimum atomic E-state index is -0.667. The topological polar surface area (TPSA) is 46.2 Å². The van der Waals surface area contributed by atoms with E-state index in [1.165, 1.54) is 6.92 Å². The van der Waals surface area contributed by atoms with Crippen molar-refractivity contribution >= 4 is 17.0 Å². The largest absolute Gasteiger partial charge is 0.379 e. The highest BCUT2D eigenvalue weighted by molar-refractivity contribution is 8.93. The maximum absolute atomic E-state index is 7.83. The molecule has 0 aliphatic rings. The average Bonchev–Trinajstić information content (AvgIpc) is 0.811. The summed E-state index contributed by atoms with van der Waals surface area (Å²) in [7, 11) is 0. The Morgan fingerprint density at radius 1 is 1.80 bits per heavy atom. The molecule has 0 aliphatic carbocycles. The summed E-state index contributed by atoms with van der Waals surface area (Å²) in [6.45, 7) is 1.50. The quantitative estimate of drug-likeness (QED) is 0.462. The van der Waals surface area contributed by atoms with Crippen LogP contribution in [-0.2, 0) is 0 Å². The number of hydrogen-bond donors (Lipinski definition) is 2. The van der Waals surface area contributed by atoms with Gasteiger partial charge in [-0.15, -0.1) is 17.0 Å². The Kier molecular flexibility index (Phi) is 7.96. The summed E-state index contributed by atoms with van der Waals surface area (Å²) in [6.07, 6.45) is -0.667. The lowest BCUT2D eigenvalue weighted by Crippen LogP contribution is -2.11. The molecule has 1 unspecified atom stereocenters. The van der Waals surface area contributed by atoms with Gasteiger partial charge >= 0.3 is 0 Å². The fraction of sp³-hybridized carbons (Fsp3) is 1.00. The van der Waals surface area contributed by atoms with E-state index in [1.54, 1.807) is 0 Å². The molecule has 0 saturated carbocycles. The summed E-state index contributed by atoms with van der Waals surface area (Å²) in [4.78, 5) is 0. The predicted octanol–water partition coefficient (Wildman–Crippen LogP) is -0.139. The van der Waals surface area contributed by atoms with Gasteiger partial charge in [0.15, 0.2) is 0 Å². The standard InChI is InChI=1S/C2H7NO.BrH/c1-2(3)4;/h2,4H,3H2,1H3;1H. The smallest absolute Gasteiger partial charge is 0.0991 e. The first kappa shape index (κ1) is 9.04. The summed E-state index contributed by atoms with van der Waals surface area (Å²) in [5, 5.41) is 7.83. The molecule has 0 rings (SSSR count). The van der Waals surface area contributed by atoms with Crippen molar-refractivity contribution in [3.63, 3.8) is 0 Å². The number of rotatable bonds is 0. The van der Waals surface area contributed by atoms with Crippen LogP contribution in [0.3, 0.4) is 0 Å². The normalized spacial score (nSPS) is 12.6. The van der Waals surface area contributed by atoms with Crippen LogP contribution in [0.1, 0.15) is 6.92 Å². The number of aliphatic hydroxyl groups excluding tert-OH is 1. The fourth-order valence-corrected chi connectivity index (χ4v) is 0. The molecule has 0 amide bonds. The van der Waals surface area contributed by atoms with Crippen LogP contribution in [0.15, 0.2) is 0 Å². The molecule has 0 spiro atoms. The molecule has 5 heavy (non-hydrogen) atoms. The van der Waals surface area contributed by atoms with Crippen LogP contribution in [0.25, 0.3) is 0 Å². The second-order valence-corrected chi connectivity index (χ2v) is 0.741. The monoisotopic (exact) mass is 141 g/mol. The summed E-state index contributed by atoms with van der Waals surface area (Å²) >= 11 is 0. The van der Waals surface area contributed by atoms with Gasteiger partial charge in [0.25, 0.3) is 0 Å². The Balaban J connectivity index is 0. The first-order chi connectivity index (χ1) is 1.73. The lowest BCUT2D eigenvalue weighted by Gasteiger charge is -1.82. The summed E-state index contributed by atoms with van der Waals surface area (Å²) < 4.78 is 0. The highest BCUT2D eigenvalue weighted by Crippen LogP contribution is 1.50. The number of nitrogens with two attached hydrogens (primary N) is 1. The lowest BCUT2D eigenvalue weighted by molar-refractivity contribution is 0.203. The van der Waals surface area contributed by atoms with Gasteiger partial charge in [-0.3, -0.25) is 0 Å². The Hall–Kier alpha value is 0.400. The average molecular weight is 142 g/mol. The van der Waals surface area contributed by atoms with Gasteiger partial charge in [0.1, 0.15) is 0 Å². The zero-order valence-corrected chi connectivity index (χ0v) is 4.72. The predicted molar refractivity (Wildman–Crippen MR) is 26.2 cm³/mol. The molecule has 0 heterocycles. The van der Waals surface area contributed by atoms with E-state index in [4.69, 9.17) is 5.11 Å². The van der Waals surface area contributed by atoms with Gasteiger partial charge < -0.3 is 10.8 Å². The van der Waals surface area contributed by atoms with Crippen molar-refractivity contribution in [2.75, 3.05) is 0 Å². The highest BCUT2D eigenvalue weighted by Gasteiger charge is 1.68. The van der Waals surface area contributed by atoms with Gasteiger partial charge in [-0.05, 0) is 6.92 Å². The molecule has 0 aromatic heterocycles. The van der Waals surface area contributed by atoms with E-state index in [9.17, 15) is 0 Å². The molecule has 0 aliphatic heterocycles. The van der Waals surface area contributed by atoms with Crippen LogP contribution in [-0.4, -0.2) is 11.3 Å². The second kappa shape index (κ2) is 4.40. The van der Waals surface area contributed by atoms with Crippen LogP contribution in [0.2, 0.25) is 0 Å².